The third-order valence-electron chi connectivity index (χ3n) is 5.35. The van der Waals surface area contributed by atoms with Crippen molar-refractivity contribution in [2.75, 3.05) is 13.1 Å². The molecule has 0 amide bonds. The number of aliphatic hydroxyl groups excluding tert-OH is 1. The monoisotopic (exact) mass is 366 g/mol. The zero-order chi connectivity index (χ0) is 18.9. The van der Waals surface area contributed by atoms with Crippen molar-refractivity contribution in [2.45, 2.75) is 109 Å². The SMILES string of the molecule is CCCCCCCCCCCCCCCC=CCC(O)[N+]1([O-])C=NCC1. The van der Waals surface area contributed by atoms with Crippen LogP contribution < -0.4 is 0 Å². The van der Waals surface area contributed by atoms with E-state index in [4.69, 9.17) is 0 Å². The van der Waals surface area contributed by atoms with Gasteiger partial charge in [-0.25, -0.2) is 4.99 Å². The Morgan fingerprint density at radius 3 is 1.96 bits per heavy atom. The number of aliphatic hydroxyl groups is 1. The fourth-order valence-electron chi connectivity index (χ4n) is 3.49. The Labute approximate surface area is 161 Å². The highest BCUT2D eigenvalue weighted by Gasteiger charge is 2.27. The summed E-state index contributed by atoms with van der Waals surface area (Å²) in [5.74, 6) is 0. The molecule has 0 saturated carbocycles. The van der Waals surface area contributed by atoms with Gasteiger partial charge in [-0.2, -0.15) is 0 Å². The van der Waals surface area contributed by atoms with Crippen LogP contribution in [0.25, 0.3) is 0 Å². The highest BCUT2D eigenvalue weighted by molar-refractivity contribution is 5.48. The molecular formula is C22H42N2O2. The van der Waals surface area contributed by atoms with Crippen LogP contribution >= 0.6 is 0 Å². The lowest BCUT2D eigenvalue weighted by Crippen LogP contribution is -2.48. The topological polar surface area (TPSA) is 55.6 Å². The highest BCUT2D eigenvalue weighted by Crippen LogP contribution is 2.16. The number of unbranched alkanes of at least 4 members (excludes halogenated alkanes) is 13. The largest absolute Gasteiger partial charge is 0.625 e. The number of aliphatic imine (C=N–C) groups is 1. The molecule has 1 heterocycles. The van der Waals surface area contributed by atoms with Gasteiger partial charge in [0.15, 0.2) is 12.6 Å². The molecular weight excluding hydrogens is 324 g/mol. The van der Waals surface area contributed by atoms with E-state index in [1.807, 2.05) is 6.08 Å². The zero-order valence-corrected chi connectivity index (χ0v) is 17.1. The van der Waals surface area contributed by atoms with Gasteiger partial charge in [0, 0.05) is 6.42 Å². The van der Waals surface area contributed by atoms with Crippen molar-refractivity contribution in [3.8, 4) is 0 Å². The maximum atomic E-state index is 12.1. The van der Waals surface area contributed by atoms with Crippen LogP contribution in [0.4, 0.5) is 0 Å². The number of allylic oxidation sites excluding steroid dienone is 1. The molecule has 4 nitrogen and oxygen atoms in total. The molecule has 1 aliphatic rings. The van der Waals surface area contributed by atoms with Crippen LogP contribution in [0, 0.1) is 5.21 Å². The molecule has 0 aliphatic carbocycles. The Morgan fingerprint density at radius 1 is 0.923 bits per heavy atom. The summed E-state index contributed by atoms with van der Waals surface area (Å²) in [5, 5.41) is 22.0. The molecule has 4 heteroatoms. The molecule has 0 saturated heterocycles. The van der Waals surface area contributed by atoms with E-state index in [1.165, 1.54) is 89.8 Å². The van der Waals surface area contributed by atoms with E-state index >= 15 is 0 Å². The van der Waals surface area contributed by atoms with Gasteiger partial charge in [-0.1, -0.05) is 96.1 Å². The van der Waals surface area contributed by atoms with Crippen LogP contribution in [0.3, 0.4) is 0 Å². The minimum absolute atomic E-state index is 0.369. The number of hydrogen-bond acceptors (Lipinski definition) is 3. The van der Waals surface area contributed by atoms with Crippen molar-refractivity contribution in [1.29, 1.82) is 0 Å². The van der Waals surface area contributed by atoms with E-state index in [2.05, 4.69) is 18.0 Å². The zero-order valence-electron chi connectivity index (χ0n) is 17.1. The van der Waals surface area contributed by atoms with Crippen molar-refractivity contribution < 1.29 is 9.75 Å². The van der Waals surface area contributed by atoms with Crippen molar-refractivity contribution in [1.82, 2.24) is 0 Å². The lowest BCUT2D eigenvalue weighted by atomic mass is 10.0. The van der Waals surface area contributed by atoms with E-state index in [9.17, 15) is 10.3 Å². The molecule has 0 aromatic rings. The van der Waals surface area contributed by atoms with Gasteiger partial charge in [0.1, 0.15) is 6.54 Å². The molecule has 1 rings (SSSR count). The molecule has 1 aliphatic heterocycles. The number of hydrogen-bond donors (Lipinski definition) is 1. The summed E-state index contributed by atoms with van der Waals surface area (Å²) in [5.41, 5.74) is 0. The first-order valence-corrected chi connectivity index (χ1v) is 11.1. The Balaban J connectivity index is 1.81. The van der Waals surface area contributed by atoms with Crippen LogP contribution in [-0.2, 0) is 0 Å². The molecule has 1 N–H and O–H groups in total. The van der Waals surface area contributed by atoms with Crippen LogP contribution in [0.5, 0.6) is 0 Å². The maximum absolute atomic E-state index is 12.1. The second-order valence-electron chi connectivity index (χ2n) is 7.82. The number of hydroxylamine groups is 3. The second-order valence-corrected chi connectivity index (χ2v) is 7.82. The van der Waals surface area contributed by atoms with E-state index in [0.717, 1.165) is 6.42 Å². The Hall–Kier alpha value is -0.710. The quantitative estimate of drug-likeness (QED) is 0.147. The predicted octanol–water partition coefficient (Wildman–Crippen LogP) is 6.09. The van der Waals surface area contributed by atoms with E-state index < -0.39 is 10.9 Å². The van der Waals surface area contributed by atoms with Crippen LogP contribution in [-0.4, -0.2) is 35.4 Å². The van der Waals surface area contributed by atoms with Crippen molar-refractivity contribution in [2.24, 2.45) is 4.99 Å². The van der Waals surface area contributed by atoms with Gasteiger partial charge >= 0.3 is 0 Å². The second kappa shape index (κ2) is 15.4. The normalized spacial score (nSPS) is 21.0. The third-order valence-corrected chi connectivity index (χ3v) is 5.35. The molecule has 0 spiro atoms. The lowest BCUT2D eigenvalue weighted by Gasteiger charge is -2.38. The average Bonchev–Trinajstić information content (AvgIpc) is 3.09. The summed E-state index contributed by atoms with van der Waals surface area (Å²) in [4.78, 5) is 3.93. The molecule has 2 unspecified atom stereocenters. The summed E-state index contributed by atoms with van der Waals surface area (Å²) in [6, 6.07) is 0. The fraction of sp³-hybridized carbons (Fsp3) is 0.864. The Bertz CT molecular complexity index is 384. The minimum atomic E-state index is -0.899. The molecule has 152 valence electrons. The van der Waals surface area contributed by atoms with E-state index in [1.54, 1.807) is 0 Å². The molecule has 2 atom stereocenters. The van der Waals surface area contributed by atoms with Crippen LogP contribution in [0.2, 0.25) is 0 Å². The lowest BCUT2D eigenvalue weighted by molar-refractivity contribution is -0.831. The van der Waals surface area contributed by atoms with Crippen LogP contribution in [0.1, 0.15) is 103 Å². The van der Waals surface area contributed by atoms with Gasteiger partial charge in [-0.15, -0.1) is 0 Å². The molecule has 0 bridgehead atoms. The summed E-state index contributed by atoms with van der Waals surface area (Å²) in [6.45, 7) is 3.17. The minimum Gasteiger partial charge on any atom is -0.625 e. The number of rotatable bonds is 17. The van der Waals surface area contributed by atoms with E-state index in [0.29, 0.717) is 19.5 Å². The van der Waals surface area contributed by atoms with Gasteiger partial charge in [-0.05, 0) is 12.8 Å². The Morgan fingerprint density at radius 2 is 1.46 bits per heavy atom. The first kappa shape index (κ1) is 23.3. The van der Waals surface area contributed by atoms with Crippen molar-refractivity contribution >= 4 is 6.34 Å². The first-order valence-electron chi connectivity index (χ1n) is 11.1. The van der Waals surface area contributed by atoms with Gasteiger partial charge in [0.05, 0.1) is 6.54 Å². The Kier molecular flexibility index (Phi) is 13.8. The molecule has 0 radical (unpaired) electrons. The van der Waals surface area contributed by atoms with Gasteiger partial charge < -0.3 is 10.3 Å². The van der Waals surface area contributed by atoms with Crippen molar-refractivity contribution in [3.05, 3.63) is 17.4 Å². The summed E-state index contributed by atoms with van der Waals surface area (Å²) in [7, 11) is 0. The smallest absolute Gasteiger partial charge is 0.199 e. The standard InChI is InChI=1S/C22H42N2O2/c1-2-3-4-5-6-7-8-9-10-11-12-13-14-15-16-17-18-22(25)24(26)20-19-23-21-24/h16-17,21-22,25H,2-15,18-20H2,1H3. The maximum Gasteiger partial charge on any atom is 0.199 e. The van der Waals surface area contributed by atoms with Crippen LogP contribution in [0.15, 0.2) is 17.1 Å². The molecule has 26 heavy (non-hydrogen) atoms. The number of nitrogens with zero attached hydrogens (tertiary/aromatic N) is 2. The first-order chi connectivity index (χ1) is 12.7. The average molecular weight is 367 g/mol. The van der Waals surface area contributed by atoms with Gasteiger partial charge in [-0.3, -0.25) is 4.65 Å². The number of quaternary nitrogens is 1. The van der Waals surface area contributed by atoms with Gasteiger partial charge in [0.25, 0.3) is 0 Å². The predicted molar refractivity (Wildman–Crippen MR) is 112 cm³/mol. The molecule has 0 aromatic heterocycles. The molecule has 0 fully saturated rings. The summed E-state index contributed by atoms with van der Waals surface area (Å²) < 4.78 is -0.677. The summed E-state index contributed by atoms with van der Waals surface area (Å²) in [6.07, 6.45) is 23.9. The van der Waals surface area contributed by atoms with Crippen molar-refractivity contribution in [3.63, 3.8) is 0 Å². The highest BCUT2D eigenvalue weighted by atomic mass is 16.6. The fourth-order valence-corrected chi connectivity index (χ4v) is 3.49. The molecule has 0 aromatic carbocycles. The van der Waals surface area contributed by atoms with E-state index in [-0.39, 0.29) is 0 Å². The summed E-state index contributed by atoms with van der Waals surface area (Å²) >= 11 is 0. The van der Waals surface area contributed by atoms with Gasteiger partial charge in [0.2, 0.25) is 0 Å². The third kappa shape index (κ3) is 11.1.